The first-order valence-electron chi connectivity index (χ1n) is 11.9. The smallest absolute Gasteiger partial charge is 0.243 e. The molecule has 176 valence electrons. The monoisotopic (exact) mass is 466 g/mol. The van der Waals surface area contributed by atoms with Gasteiger partial charge in [-0.3, -0.25) is 4.90 Å². The highest BCUT2D eigenvalue weighted by atomic mass is 32.2. The first-order valence-corrected chi connectivity index (χ1v) is 13.3. The van der Waals surface area contributed by atoms with Gasteiger partial charge in [0.15, 0.2) is 0 Å². The molecular formula is C27H34N2O3S. The molecule has 0 aromatic heterocycles. The van der Waals surface area contributed by atoms with Crippen LogP contribution in [0, 0.1) is 24.7 Å². The third-order valence-electron chi connectivity index (χ3n) is 6.76. The van der Waals surface area contributed by atoms with Crippen molar-refractivity contribution in [3.05, 3.63) is 65.2 Å². The standard InChI is InChI=1S/C27H34N2O3S/c1-20(2)9-10-22-11-13-23(14-12-22)27-25-18-28(15-4-5-16-29(25)26(27)19-30)33(31,32)24-8-6-7-21(3)17-24/h6-8,11-14,17,20,25-27,30H,4-5,15-16,18-19H2,1-3H3/t25-,26-,27+/m0/s1. The zero-order chi connectivity index (χ0) is 23.6. The van der Waals surface area contributed by atoms with Crippen LogP contribution in [0.3, 0.4) is 0 Å². The van der Waals surface area contributed by atoms with Crippen LogP contribution in [-0.2, 0) is 10.0 Å². The number of fused-ring (bicyclic) bond motifs is 1. The highest BCUT2D eigenvalue weighted by Crippen LogP contribution is 2.42. The van der Waals surface area contributed by atoms with Gasteiger partial charge in [-0.25, -0.2) is 8.42 Å². The quantitative estimate of drug-likeness (QED) is 0.700. The summed E-state index contributed by atoms with van der Waals surface area (Å²) in [6.45, 7) is 7.98. The zero-order valence-corrected chi connectivity index (χ0v) is 20.6. The Hall–Kier alpha value is -2.17. The number of aliphatic hydroxyl groups is 1. The molecule has 2 heterocycles. The third kappa shape index (κ3) is 5.02. The van der Waals surface area contributed by atoms with Gasteiger partial charge in [-0.1, -0.05) is 50.0 Å². The van der Waals surface area contributed by atoms with E-state index in [2.05, 4.69) is 42.7 Å². The highest BCUT2D eigenvalue weighted by molar-refractivity contribution is 7.89. The molecule has 0 bridgehead atoms. The molecule has 0 aliphatic carbocycles. The molecule has 0 radical (unpaired) electrons. The molecule has 3 atom stereocenters. The summed E-state index contributed by atoms with van der Waals surface area (Å²) in [6, 6.07) is 15.5. The van der Waals surface area contributed by atoms with Gasteiger partial charge in [0.2, 0.25) is 10.0 Å². The van der Waals surface area contributed by atoms with Gasteiger partial charge in [0, 0.05) is 42.6 Å². The maximum absolute atomic E-state index is 13.5. The number of benzene rings is 2. The molecule has 1 N–H and O–H groups in total. The van der Waals surface area contributed by atoms with Gasteiger partial charge >= 0.3 is 0 Å². The average molecular weight is 467 g/mol. The molecule has 0 spiro atoms. The van der Waals surface area contributed by atoms with E-state index in [4.69, 9.17) is 0 Å². The fourth-order valence-corrected chi connectivity index (χ4v) is 6.67. The van der Waals surface area contributed by atoms with Crippen molar-refractivity contribution >= 4 is 10.0 Å². The number of aryl methyl sites for hydroxylation is 1. The molecule has 2 aromatic rings. The topological polar surface area (TPSA) is 60.9 Å². The summed E-state index contributed by atoms with van der Waals surface area (Å²) in [5, 5.41) is 10.2. The SMILES string of the molecule is Cc1cccc(S(=O)(=O)N2CCCCN3[C@@H](CO)[C@H](c4ccc(C#CC(C)C)cc4)[C@@H]3C2)c1. The lowest BCUT2D eigenvalue weighted by molar-refractivity contribution is -0.0553. The van der Waals surface area contributed by atoms with Gasteiger partial charge in [0.25, 0.3) is 0 Å². The van der Waals surface area contributed by atoms with Crippen LogP contribution in [0.2, 0.25) is 0 Å². The van der Waals surface area contributed by atoms with Crippen LogP contribution in [0.5, 0.6) is 0 Å². The second-order valence-corrected chi connectivity index (χ2v) is 11.5. The largest absolute Gasteiger partial charge is 0.395 e. The van der Waals surface area contributed by atoms with Crippen molar-refractivity contribution in [1.29, 1.82) is 0 Å². The van der Waals surface area contributed by atoms with Crippen molar-refractivity contribution in [3.63, 3.8) is 0 Å². The van der Waals surface area contributed by atoms with Gasteiger partial charge in [-0.2, -0.15) is 4.31 Å². The molecule has 2 aromatic carbocycles. The Morgan fingerprint density at radius 3 is 2.48 bits per heavy atom. The van der Waals surface area contributed by atoms with Gasteiger partial charge in [0.05, 0.1) is 11.5 Å². The molecule has 33 heavy (non-hydrogen) atoms. The van der Waals surface area contributed by atoms with Crippen molar-refractivity contribution in [3.8, 4) is 11.8 Å². The summed E-state index contributed by atoms with van der Waals surface area (Å²) in [6.07, 6.45) is 1.74. The van der Waals surface area contributed by atoms with Crippen LogP contribution in [-0.4, -0.2) is 61.1 Å². The summed E-state index contributed by atoms with van der Waals surface area (Å²) in [4.78, 5) is 2.66. The predicted molar refractivity (Wildman–Crippen MR) is 131 cm³/mol. The van der Waals surface area contributed by atoms with E-state index in [9.17, 15) is 13.5 Å². The first kappa shape index (κ1) is 24.0. The van der Waals surface area contributed by atoms with E-state index < -0.39 is 10.0 Å². The maximum atomic E-state index is 13.5. The van der Waals surface area contributed by atoms with E-state index in [1.54, 1.807) is 22.5 Å². The zero-order valence-electron chi connectivity index (χ0n) is 19.7. The number of aliphatic hydroxyl groups excluding tert-OH is 1. The lowest BCUT2D eigenvalue weighted by Crippen LogP contribution is -2.67. The summed E-state index contributed by atoms with van der Waals surface area (Å²) in [7, 11) is -3.57. The number of hydrogen-bond acceptors (Lipinski definition) is 4. The van der Waals surface area contributed by atoms with E-state index in [0.29, 0.717) is 23.9 Å². The molecule has 2 fully saturated rings. The second-order valence-electron chi connectivity index (χ2n) is 9.51. The Morgan fingerprint density at radius 2 is 1.82 bits per heavy atom. The van der Waals surface area contributed by atoms with Crippen LogP contribution in [0.25, 0.3) is 0 Å². The normalized spacial score (nSPS) is 24.2. The lowest BCUT2D eigenvalue weighted by Gasteiger charge is -2.57. The molecule has 0 amide bonds. The van der Waals surface area contributed by atoms with Gasteiger partial charge in [-0.15, -0.1) is 0 Å². The first-order chi connectivity index (χ1) is 15.8. The second kappa shape index (κ2) is 9.99. The van der Waals surface area contributed by atoms with Crippen molar-refractivity contribution in [2.24, 2.45) is 5.92 Å². The van der Waals surface area contributed by atoms with E-state index in [-0.39, 0.29) is 24.6 Å². The molecule has 6 heteroatoms. The Bertz CT molecular complexity index is 1130. The lowest BCUT2D eigenvalue weighted by atomic mass is 9.74. The highest BCUT2D eigenvalue weighted by Gasteiger charge is 2.50. The van der Waals surface area contributed by atoms with Crippen molar-refractivity contribution in [1.82, 2.24) is 9.21 Å². The minimum Gasteiger partial charge on any atom is -0.395 e. The van der Waals surface area contributed by atoms with E-state index in [1.165, 1.54) is 0 Å². The van der Waals surface area contributed by atoms with E-state index >= 15 is 0 Å². The Balaban J connectivity index is 1.61. The van der Waals surface area contributed by atoms with Crippen LogP contribution in [0.15, 0.2) is 53.4 Å². The summed E-state index contributed by atoms with van der Waals surface area (Å²) in [5.41, 5.74) is 3.05. The van der Waals surface area contributed by atoms with Gasteiger partial charge in [-0.05, 0) is 61.7 Å². The molecular weight excluding hydrogens is 432 g/mol. The summed E-state index contributed by atoms with van der Waals surface area (Å²) < 4.78 is 28.6. The number of hydrogen-bond donors (Lipinski definition) is 1. The number of sulfonamides is 1. The van der Waals surface area contributed by atoms with Crippen LogP contribution in [0.4, 0.5) is 0 Å². The molecule has 2 aliphatic rings. The molecule has 5 nitrogen and oxygen atoms in total. The van der Waals surface area contributed by atoms with Crippen molar-refractivity contribution in [2.75, 3.05) is 26.2 Å². The predicted octanol–water partition coefficient (Wildman–Crippen LogP) is 3.62. The summed E-state index contributed by atoms with van der Waals surface area (Å²) in [5.74, 6) is 6.80. The fourth-order valence-electron chi connectivity index (χ4n) is 5.07. The minimum absolute atomic E-state index is 0.0178. The Morgan fingerprint density at radius 1 is 1.09 bits per heavy atom. The Labute approximate surface area is 198 Å². The molecule has 2 saturated heterocycles. The average Bonchev–Trinajstić information content (AvgIpc) is 2.77. The number of rotatable bonds is 4. The van der Waals surface area contributed by atoms with E-state index in [1.807, 2.05) is 25.1 Å². The van der Waals surface area contributed by atoms with Crippen molar-refractivity contribution < 1.29 is 13.5 Å². The Kier molecular flexibility index (Phi) is 7.25. The van der Waals surface area contributed by atoms with Crippen LogP contribution in [0.1, 0.15) is 49.3 Å². The van der Waals surface area contributed by atoms with E-state index in [0.717, 1.165) is 36.1 Å². The van der Waals surface area contributed by atoms with Gasteiger partial charge < -0.3 is 5.11 Å². The molecule has 0 unspecified atom stereocenters. The minimum atomic E-state index is -3.57. The maximum Gasteiger partial charge on any atom is 0.243 e. The molecule has 0 saturated carbocycles. The van der Waals surface area contributed by atoms with Crippen molar-refractivity contribution in [2.45, 2.75) is 56.5 Å². The fraction of sp³-hybridized carbons (Fsp3) is 0.481. The summed E-state index contributed by atoms with van der Waals surface area (Å²) >= 11 is 0. The van der Waals surface area contributed by atoms with Crippen LogP contribution < -0.4 is 0 Å². The number of nitrogens with zero attached hydrogens (tertiary/aromatic N) is 2. The van der Waals surface area contributed by atoms with Crippen LogP contribution >= 0.6 is 0 Å². The molecule has 2 aliphatic heterocycles. The molecule has 4 rings (SSSR count). The van der Waals surface area contributed by atoms with Gasteiger partial charge in [0.1, 0.15) is 0 Å². The third-order valence-corrected chi connectivity index (χ3v) is 8.62.